The van der Waals surface area contributed by atoms with Crippen molar-refractivity contribution in [2.75, 3.05) is 39.6 Å². The summed E-state index contributed by atoms with van der Waals surface area (Å²) in [6.45, 7) is 1.61. The van der Waals surface area contributed by atoms with E-state index in [-0.39, 0.29) is 60.4 Å². The van der Waals surface area contributed by atoms with E-state index in [1.807, 2.05) is 0 Å². The van der Waals surface area contributed by atoms with Crippen LogP contribution in [0.3, 0.4) is 0 Å². The van der Waals surface area contributed by atoms with Crippen molar-refractivity contribution in [2.45, 2.75) is 0 Å². The van der Waals surface area contributed by atoms with Crippen molar-refractivity contribution < 1.29 is 39.0 Å². The highest BCUT2D eigenvalue weighted by Crippen LogP contribution is 2.29. The Labute approximate surface area is 263 Å². The molecule has 0 saturated carbocycles. The molecule has 0 aromatic heterocycles. The highest BCUT2D eigenvalue weighted by Gasteiger charge is 2.08. The summed E-state index contributed by atoms with van der Waals surface area (Å²) in [6, 6.07) is 20.7. The van der Waals surface area contributed by atoms with Crippen LogP contribution < -0.4 is 19.7 Å². The maximum absolute atomic E-state index is 12.0. The first-order valence-electron chi connectivity index (χ1n) is 13.9. The van der Waals surface area contributed by atoms with Crippen LogP contribution in [0.5, 0.6) is 23.0 Å². The van der Waals surface area contributed by atoms with Gasteiger partial charge in [0, 0.05) is 36.7 Å². The lowest BCUT2D eigenvalue weighted by molar-refractivity contribution is -0.385. The van der Waals surface area contributed by atoms with Crippen LogP contribution in [0.25, 0.3) is 0 Å². The Balaban J connectivity index is 1.15. The topological polar surface area (TPSA) is 194 Å². The number of aliphatic imine (C=N–C) groups is 2. The molecule has 4 aromatic rings. The van der Waals surface area contributed by atoms with E-state index in [4.69, 9.17) is 18.9 Å². The monoisotopic (exact) mass is 628 g/mol. The molecule has 0 radical (unpaired) electrons. The number of benzene rings is 4. The van der Waals surface area contributed by atoms with Crippen molar-refractivity contribution >= 4 is 35.2 Å². The predicted molar refractivity (Wildman–Crippen MR) is 165 cm³/mol. The standard InChI is InChI=1S/C32H30N4O10/c37-29-11-9-25(35(39)40)19-23(29)21-33-27-5-1-3-7-31(27)45-17-15-43-13-14-44-16-18-46-32-8-4-2-6-28(32)34-22-24-20-26(36(41)42)10-12-30(24)38/h1-12,19-22,37-38H,13-18H2/p-2. The van der Waals surface area contributed by atoms with Crippen LogP contribution in [-0.2, 0) is 9.47 Å². The second kappa shape index (κ2) is 16.8. The molecule has 14 nitrogen and oxygen atoms in total. The number of ether oxygens (including phenoxy) is 4. The molecule has 0 spiro atoms. The summed E-state index contributed by atoms with van der Waals surface area (Å²) in [5.41, 5.74) is 0.673. The lowest BCUT2D eigenvalue weighted by Crippen LogP contribution is -2.13. The zero-order chi connectivity index (χ0) is 32.7. The number of nitro groups is 2. The van der Waals surface area contributed by atoms with Gasteiger partial charge in [-0.1, -0.05) is 47.9 Å². The van der Waals surface area contributed by atoms with Crippen molar-refractivity contribution in [2.24, 2.45) is 9.98 Å². The SMILES string of the molecule is O=[N+]([O-])c1ccc([O-])c(C=Nc2ccccc2OCCOCCOCCOc2ccccc2N=Cc2cc([N+](=O)[O-])ccc2[O-])c1. The first-order valence-corrected chi connectivity index (χ1v) is 13.9. The Hall–Kier alpha value is -5.86. The predicted octanol–water partition coefficient (Wildman–Crippen LogP) is 4.64. The van der Waals surface area contributed by atoms with E-state index in [0.29, 0.717) is 36.1 Å². The van der Waals surface area contributed by atoms with Crippen LogP contribution >= 0.6 is 0 Å². The van der Waals surface area contributed by atoms with E-state index in [2.05, 4.69) is 9.98 Å². The third-order valence-corrected chi connectivity index (χ3v) is 6.17. The van der Waals surface area contributed by atoms with Gasteiger partial charge >= 0.3 is 0 Å². The number of non-ortho nitro benzene ring substituents is 2. The summed E-state index contributed by atoms with van der Waals surface area (Å²) in [7, 11) is 0. The first kappa shape index (κ1) is 33.0. The molecular weight excluding hydrogens is 600 g/mol. The second-order valence-electron chi connectivity index (χ2n) is 9.33. The minimum absolute atomic E-state index is 0.0903. The first-order chi connectivity index (χ1) is 22.3. The van der Waals surface area contributed by atoms with Gasteiger partial charge in [0.2, 0.25) is 0 Å². The molecule has 0 aliphatic carbocycles. The van der Waals surface area contributed by atoms with Gasteiger partial charge in [0.15, 0.2) is 0 Å². The second-order valence-corrected chi connectivity index (χ2v) is 9.33. The molecule has 4 aromatic carbocycles. The number of nitrogens with zero attached hydrogens (tertiary/aromatic N) is 4. The molecule has 0 amide bonds. The summed E-state index contributed by atoms with van der Waals surface area (Å²) >= 11 is 0. The molecule has 238 valence electrons. The average Bonchev–Trinajstić information content (AvgIpc) is 3.05. The van der Waals surface area contributed by atoms with Crippen molar-refractivity contribution in [1.82, 2.24) is 0 Å². The van der Waals surface area contributed by atoms with Crippen LogP contribution in [0.2, 0.25) is 0 Å². The lowest BCUT2D eigenvalue weighted by atomic mass is 10.2. The van der Waals surface area contributed by atoms with Gasteiger partial charge in [0.05, 0.1) is 36.3 Å². The van der Waals surface area contributed by atoms with Gasteiger partial charge in [-0.3, -0.25) is 30.2 Å². The Morgan fingerprint density at radius 2 is 0.957 bits per heavy atom. The summed E-state index contributed by atoms with van der Waals surface area (Å²) in [4.78, 5) is 29.4. The Bertz CT molecular complexity index is 1590. The summed E-state index contributed by atoms with van der Waals surface area (Å²) in [6.07, 6.45) is 2.54. The normalized spacial score (nSPS) is 11.2. The molecule has 0 fully saturated rings. The van der Waals surface area contributed by atoms with Gasteiger partial charge in [-0.2, -0.15) is 0 Å². The Morgan fingerprint density at radius 3 is 1.37 bits per heavy atom. The van der Waals surface area contributed by atoms with Gasteiger partial charge in [-0.25, -0.2) is 0 Å². The molecule has 0 bridgehead atoms. The van der Waals surface area contributed by atoms with E-state index in [1.165, 1.54) is 24.6 Å². The minimum Gasteiger partial charge on any atom is -0.872 e. The molecule has 0 aliphatic heterocycles. The maximum atomic E-state index is 12.0. The van der Waals surface area contributed by atoms with Crippen LogP contribution in [0.4, 0.5) is 22.7 Å². The summed E-state index contributed by atoms with van der Waals surface area (Å²) in [5, 5.41) is 46.0. The van der Waals surface area contributed by atoms with E-state index in [0.717, 1.165) is 24.3 Å². The molecule has 0 unspecified atom stereocenters. The average molecular weight is 629 g/mol. The van der Waals surface area contributed by atoms with Crippen molar-refractivity contribution in [3.63, 3.8) is 0 Å². The Morgan fingerprint density at radius 1 is 0.565 bits per heavy atom. The fraction of sp³-hybridized carbons (Fsp3) is 0.188. The highest BCUT2D eigenvalue weighted by atomic mass is 16.6. The molecule has 46 heavy (non-hydrogen) atoms. The minimum atomic E-state index is -0.580. The molecule has 0 saturated heterocycles. The quantitative estimate of drug-likeness (QED) is 0.0688. The van der Waals surface area contributed by atoms with Crippen molar-refractivity contribution in [3.8, 4) is 23.0 Å². The van der Waals surface area contributed by atoms with Crippen LogP contribution in [0.1, 0.15) is 11.1 Å². The number of rotatable bonds is 17. The lowest BCUT2D eigenvalue weighted by Gasteiger charge is -2.11. The smallest absolute Gasteiger partial charge is 0.270 e. The molecule has 4 rings (SSSR count). The molecule has 0 aliphatic rings. The fourth-order valence-electron chi connectivity index (χ4n) is 3.89. The molecular formula is C32H28N4O10-2. The molecule has 14 heteroatoms. The fourth-order valence-corrected chi connectivity index (χ4v) is 3.89. The maximum Gasteiger partial charge on any atom is 0.270 e. The highest BCUT2D eigenvalue weighted by molar-refractivity contribution is 5.87. The van der Waals surface area contributed by atoms with E-state index in [9.17, 15) is 30.4 Å². The van der Waals surface area contributed by atoms with E-state index >= 15 is 0 Å². The van der Waals surface area contributed by atoms with Crippen molar-refractivity contribution in [3.05, 3.63) is 116 Å². The molecule has 0 N–H and O–H groups in total. The summed E-state index contributed by atoms with van der Waals surface area (Å²) < 4.78 is 22.6. The summed E-state index contributed by atoms with van der Waals surface area (Å²) in [5.74, 6) is 0.141. The Kier molecular flexibility index (Phi) is 12.1. The largest absolute Gasteiger partial charge is 0.872 e. The van der Waals surface area contributed by atoms with Crippen LogP contribution in [0, 0.1) is 20.2 Å². The third kappa shape index (κ3) is 9.83. The van der Waals surface area contributed by atoms with Gasteiger partial charge in [-0.15, -0.1) is 0 Å². The zero-order valence-corrected chi connectivity index (χ0v) is 24.4. The van der Waals surface area contributed by atoms with E-state index < -0.39 is 9.85 Å². The van der Waals surface area contributed by atoms with Crippen molar-refractivity contribution in [1.29, 1.82) is 0 Å². The van der Waals surface area contributed by atoms with Crippen LogP contribution in [-0.4, -0.2) is 61.9 Å². The molecule has 0 heterocycles. The third-order valence-electron chi connectivity index (χ3n) is 6.17. The van der Waals surface area contributed by atoms with Gasteiger partial charge < -0.3 is 29.2 Å². The van der Waals surface area contributed by atoms with Gasteiger partial charge in [0.25, 0.3) is 11.4 Å². The number of para-hydroxylation sites is 4. The van der Waals surface area contributed by atoms with E-state index in [1.54, 1.807) is 48.5 Å². The number of hydrogen-bond donors (Lipinski definition) is 0. The van der Waals surface area contributed by atoms with Crippen LogP contribution in [0.15, 0.2) is 94.9 Å². The van der Waals surface area contributed by atoms with Gasteiger partial charge in [-0.05, 0) is 35.4 Å². The zero-order valence-electron chi connectivity index (χ0n) is 24.4. The van der Waals surface area contributed by atoms with Gasteiger partial charge in [0.1, 0.15) is 36.1 Å². The molecule has 0 atom stereocenters. The number of hydrogen-bond acceptors (Lipinski definition) is 12. The number of nitro benzene ring substituents is 2.